The Hall–Kier alpha value is -3.22. The van der Waals surface area contributed by atoms with Crippen molar-refractivity contribution in [3.8, 4) is 0 Å². The number of amides is 1. The van der Waals surface area contributed by atoms with Crippen LogP contribution < -0.4 is 5.32 Å². The molecule has 0 aliphatic heterocycles. The van der Waals surface area contributed by atoms with Crippen molar-refractivity contribution in [2.45, 2.75) is 19.9 Å². The fourth-order valence-corrected chi connectivity index (χ4v) is 2.74. The Kier molecular flexibility index (Phi) is 4.74. The molecule has 1 heterocycles. The predicted molar refractivity (Wildman–Crippen MR) is 94.5 cm³/mol. The van der Waals surface area contributed by atoms with Gasteiger partial charge in [0, 0.05) is 30.3 Å². The third kappa shape index (κ3) is 3.65. The van der Waals surface area contributed by atoms with Crippen molar-refractivity contribution in [2.75, 3.05) is 6.54 Å². The standard InChI is InChI=1S/C18H18N4O3/c1-13-11-14(7-8-16(13)22(24)25)18(23)19-9-4-10-21-12-20-15-5-2-3-6-17(15)21/h2-3,5-8,11-12H,4,9-10H2,1H3,(H,19,23). The number of nitro groups is 1. The van der Waals surface area contributed by atoms with E-state index >= 15 is 0 Å². The summed E-state index contributed by atoms with van der Waals surface area (Å²) >= 11 is 0. The highest BCUT2D eigenvalue weighted by Crippen LogP contribution is 2.18. The number of nitro benzene ring substituents is 1. The van der Waals surface area contributed by atoms with E-state index in [1.807, 2.05) is 24.3 Å². The lowest BCUT2D eigenvalue weighted by atomic mass is 10.1. The largest absolute Gasteiger partial charge is 0.352 e. The smallest absolute Gasteiger partial charge is 0.272 e. The van der Waals surface area contributed by atoms with Crippen LogP contribution in [-0.2, 0) is 6.54 Å². The van der Waals surface area contributed by atoms with Crippen LogP contribution >= 0.6 is 0 Å². The molecule has 3 rings (SSSR count). The number of carbonyl (C=O) groups is 1. The number of benzene rings is 2. The van der Waals surface area contributed by atoms with Crippen molar-refractivity contribution in [3.63, 3.8) is 0 Å². The molecule has 1 amide bonds. The van der Waals surface area contributed by atoms with Crippen molar-refractivity contribution in [1.82, 2.24) is 14.9 Å². The lowest BCUT2D eigenvalue weighted by Gasteiger charge is -2.07. The maximum atomic E-state index is 12.2. The molecule has 0 unspecified atom stereocenters. The van der Waals surface area contributed by atoms with Crippen molar-refractivity contribution < 1.29 is 9.72 Å². The van der Waals surface area contributed by atoms with Crippen LogP contribution in [0.3, 0.4) is 0 Å². The van der Waals surface area contributed by atoms with E-state index in [2.05, 4.69) is 14.9 Å². The molecule has 0 fully saturated rings. The van der Waals surface area contributed by atoms with Gasteiger partial charge in [-0.15, -0.1) is 0 Å². The van der Waals surface area contributed by atoms with Gasteiger partial charge in [-0.3, -0.25) is 14.9 Å². The second-order valence-electron chi connectivity index (χ2n) is 5.79. The summed E-state index contributed by atoms with van der Waals surface area (Å²) in [6.07, 6.45) is 2.56. The fraction of sp³-hybridized carbons (Fsp3) is 0.222. The molecule has 0 saturated heterocycles. The third-order valence-corrected chi connectivity index (χ3v) is 4.04. The maximum Gasteiger partial charge on any atom is 0.272 e. The van der Waals surface area contributed by atoms with Crippen LogP contribution in [0, 0.1) is 17.0 Å². The van der Waals surface area contributed by atoms with Crippen molar-refractivity contribution in [1.29, 1.82) is 0 Å². The van der Waals surface area contributed by atoms with Crippen LogP contribution in [0.1, 0.15) is 22.3 Å². The Morgan fingerprint density at radius 2 is 2.08 bits per heavy atom. The summed E-state index contributed by atoms with van der Waals surface area (Å²) in [4.78, 5) is 26.8. The number of nitrogens with one attached hydrogen (secondary N) is 1. The quantitative estimate of drug-likeness (QED) is 0.425. The normalized spacial score (nSPS) is 10.8. The molecule has 0 atom stereocenters. The Morgan fingerprint density at radius 3 is 2.84 bits per heavy atom. The van der Waals surface area contributed by atoms with Gasteiger partial charge in [0.15, 0.2) is 0 Å². The first-order chi connectivity index (χ1) is 12.1. The average molecular weight is 338 g/mol. The number of aryl methyl sites for hydroxylation is 2. The van der Waals surface area contributed by atoms with Crippen molar-refractivity contribution in [3.05, 3.63) is 70.0 Å². The molecule has 7 nitrogen and oxygen atoms in total. The van der Waals surface area contributed by atoms with Gasteiger partial charge in [0.1, 0.15) is 0 Å². The van der Waals surface area contributed by atoms with E-state index in [9.17, 15) is 14.9 Å². The van der Waals surface area contributed by atoms with E-state index in [0.29, 0.717) is 17.7 Å². The summed E-state index contributed by atoms with van der Waals surface area (Å²) in [7, 11) is 0. The van der Waals surface area contributed by atoms with E-state index in [1.54, 1.807) is 13.3 Å². The first-order valence-electron chi connectivity index (χ1n) is 7.99. The molecule has 1 aromatic heterocycles. The third-order valence-electron chi connectivity index (χ3n) is 4.04. The van der Waals surface area contributed by atoms with Crippen LogP contribution in [0.15, 0.2) is 48.8 Å². The predicted octanol–water partition coefficient (Wildman–Crippen LogP) is 3.07. The topological polar surface area (TPSA) is 90.1 Å². The summed E-state index contributed by atoms with van der Waals surface area (Å²) in [6.45, 7) is 2.89. The molecular formula is C18H18N4O3. The Labute approximate surface area is 144 Å². The minimum Gasteiger partial charge on any atom is -0.352 e. The Morgan fingerprint density at radius 1 is 1.28 bits per heavy atom. The van der Waals surface area contributed by atoms with Gasteiger partial charge in [-0.1, -0.05) is 12.1 Å². The van der Waals surface area contributed by atoms with E-state index in [0.717, 1.165) is 24.0 Å². The zero-order valence-corrected chi connectivity index (χ0v) is 13.8. The van der Waals surface area contributed by atoms with Crippen LogP contribution in [0.5, 0.6) is 0 Å². The van der Waals surface area contributed by atoms with Gasteiger partial charge in [-0.05, 0) is 37.6 Å². The van der Waals surface area contributed by atoms with Crippen molar-refractivity contribution in [2.24, 2.45) is 0 Å². The zero-order chi connectivity index (χ0) is 17.8. The molecular weight excluding hydrogens is 320 g/mol. The van der Waals surface area contributed by atoms with E-state index in [1.165, 1.54) is 18.2 Å². The van der Waals surface area contributed by atoms with Crippen LogP contribution in [0.25, 0.3) is 11.0 Å². The van der Waals surface area contributed by atoms with Gasteiger partial charge in [-0.25, -0.2) is 4.98 Å². The number of aromatic nitrogens is 2. The summed E-state index contributed by atoms with van der Waals surface area (Å²) in [6, 6.07) is 12.3. The molecule has 0 spiro atoms. The SMILES string of the molecule is Cc1cc(C(=O)NCCCn2cnc3ccccc32)ccc1[N+](=O)[O-]. The maximum absolute atomic E-state index is 12.2. The highest BCUT2D eigenvalue weighted by Gasteiger charge is 2.13. The lowest BCUT2D eigenvalue weighted by molar-refractivity contribution is -0.385. The van der Waals surface area contributed by atoms with Crippen LogP contribution in [-0.4, -0.2) is 26.9 Å². The summed E-state index contributed by atoms with van der Waals surface area (Å²) in [5, 5.41) is 13.7. The van der Waals surface area contributed by atoms with Crippen LogP contribution in [0.4, 0.5) is 5.69 Å². The Bertz CT molecular complexity index is 933. The fourth-order valence-electron chi connectivity index (χ4n) is 2.74. The number of imidazole rings is 1. The summed E-state index contributed by atoms with van der Waals surface area (Å²) < 4.78 is 2.05. The molecule has 0 radical (unpaired) electrons. The summed E-state index contributed by atoms with van der Waals surface area (Å²) in [5.74, 6) is -0.228. The Balaban J connectivity index is 1.54. The number of rotatable bonds is 6. The molecule has 0 aliphatic carbocycles. The molecule has 0 bridgehead atoms. The van der Waals surface area contributed by atoms with Gasteiger partial charge in [0.05, 0.1) is 22.3 Å². The first-order valence-corrected chi connectivity index (χ1v) is 7.99. The molecule has 128 valence electrons. The first kappa shape index (κ1) is 16.6. The van der Waals surface area contributed by atoms with Gasteiger partial charge < -0.3 is 9.88 Å². The average Bonchev–Trinajstić information content (AvgIpc) is 3.01. The highest BCUT2D eigenvalue weighted by atomic mass is 16.6. The minimum absolute atomic E-state index is 0.0172. The molecule has 1 N–H and O–H groups in total. The number of hydrogen-bond acceptors (Lipinski definition) is 4. The van der Waals surface area contributed by atoms with Gasteiger partial charge in [-0.2, -0.15) is 0 Å². The number of carbonyl (C=O) groups excluding carboxylic acids is 1. The van der Waals surface area contributed by atoms with E-state index < -0.39 is 4.92 Å². The lowest BCUT2D eigenvalue weighted by Crippen LogP contribution is -2.25. The molecule has 3 aromatic rings. The molecule has 0 saturated carbocycles. The van der Waals surface area contributed by atoms with E-state index in [-0.39, 0.29) is 11.6 Å². The second kappa shape index (κ2) is 7.12. The summed E-state index contributed by atoms with van der Waals surface area (Å²) in [5.41, 5.74) is 2.94. The monoisotopic (exact) mass is 338 g/mol. The number of nitrogens with zero attached hydrogens (tertiary/aromatic N) is 3. The number of fused-ring (bicyclic) bond motifs is 1. The van der Waals surface area contributed by atoms with Gasteiger partial charge in [0.2, 0.25) is 0 Å². The van der Waals surface area contributed by atoms with Crippen molar-refractivity contribution >= 4 is 22.6 Å². The van der Waals surface area contributed by atoms with Crippen LogP contribution in [0.2, 0.25) is 0 Å². The molecule has 25 heavy (non-hydrogen) atoms. The number of hydrogen-bond donors (Lipinski definition) is 1. The minimum atomic E-state index is -0.452. The molecule has 2 aromatic carbocycles. The highest BCUT2D eigenvalue weighted by molar-refractivity contribution is 5.94. The number of para-hydroxylation sites is 2. The van der Waals surface area contributed by atoms with Gasteiger partial charge in [0.25, 0.3) is 11.6 Å². The van der Waals surface area contributed by atoms with E-state index in [4.69, 9.17) is 0 Å². The molecule has 0 aliphatic rings. The molecule has 7 heteroatoms. The van der Waals surface area contributed by atoms with Gasteiger partial charge >= 0.3 is 0 Å². The zero-order valence-electron chi connectivity index (χ0n) is 13.8. The second-order valence-corrected chi connectivity index (χ2v) is 5.79.